The molecule has 0 aliphatic carbocycles. The highest BCUT2D eigenvalue weighted by molar-refractivity contribution is 5.76. The fourth-order valence-electron chi connectivity index (χ4n) is 0.940. The van der Waals surface area contributed by atoms with Gasteiger partial charge in [0.15, 0.2) is 0 Å². The minimum Gasteiger partial charge on any atom is -0.481 e. The summed E-state index contributed by atoms with van der Waals surface area (Å²) in [5.74, 6) is -1.45. The highest BCUT2D eigenvalue weighted by Crippen LogP contribution is 1.96. The van der Waals surface area contributed by atoms with Crippen LogP contribution in [0.15, 0.2) is 12.7 Å². The van der Waals surface area contributed by atoms with E-state index in [0.29, 0.717) is 19.8 Å². The lowest BCUT2D eigenvalue weighted by Gasteiger charge is -2.04. The normalized spacial score (nSPS) is 9.75. The first-order valence-corrected chi connectivity index (χ1v) is 5.23. The summed E-state index contributed by atoms with van der Waals surface area (Å²) >= 11 is 0. The zero-order chi connectivity index (χ0) is 12.2. The predicted molar refractivity (Wildman–Crippen MR) is 58.1 cm³/mol. The van der Waals surface area contributed by atoms with Gasteiger partial charge in [-0.25, -0.2) is 0 Å². The van der Waals surface area contributed by atoms with E-state index in [9.17, 15) is 9.59 Å². The summed E-state index contributed by atoms with van der Waals surface area (Å²) in [4.78, 5) is 21.1. The van der Waals surface area contributed by atoms with Crippen molar-refractivity contribution in [2.75, 3.05) is 19.8 Å². The number of rotatable bonds is 10. The lowest BCUT2D eigenvalue weighted by atomic mass is 10.3. The Morgan fingerprint density at radius 2 is 1.88 bits per heavy atom. The number of carbonyl (C=O) groups is 2. The quantitative estimate of drug-likeness (QED) is 0.348. The summed E-state index contributed by atoms with van der Waals surface area (Å²) < 4.78 is 9.95. The van der Waals surface area contributed by atoms with Crippen molar-refractivity contribution in [2.45, 2.75) is 25.7 Å². The average Bonchev–Trinajstić information content (AvgIpc) is 2.25. The Kier molecular flexibility index (Phi) is 9.30. The Morgan fingerprint density at radius 3 is 2.50 bits per heavy atom. The molecule has 0 aliphatic rings. The van der Waals surface area contributed by atoms with Crippen molar-refractivity contribution in [1.29, 1.82) is 0 Å². The van der Waals surface area contributed by atoms with Gasteiger partial charge in [-0.3, -0.25) is 9.59 Å². The zero-order valence-electron chi connectivity index (χ0n) is 9.31. The van der Waals surface area contributed by atoms with Gasteiger partial charge < -0.3 is 14.6 Å². The van der Waals surface area contributed by atoms with Crippen LogP contribution in [-0.2, 0) is 19.1 Å². The fourth-order valence-corrected chi connectivity index (χ4v) is 0.940. The molecule has 0 rings (SSSR count). The molecule has 0 unspecified atom stereocenters. The number of unbranched alkanes of at least 4 members (excludes halogenated alkanes) is 1. The van der Waals surface area contributed by atoms with Gasteiger partial charge in [0.1, 0.15) is 0 Å². The molecule has 16 heavy (non-hydrogen) atoms. The molecule has 0 aromatic rings. The molecule has 5 heteroatoms. The third kappa shape index (κ3) is 10.7. The molecule has 0 saturated carbocycles. The van der Waals surface area contributed by atoms with Crippen molar-refractivity contribution in [3.63, 3.8) is 0 Å². The second-order valence-corrected chi connectivity index (χ2v) is 3.18. The zero-order valence-corrected chi connectivity index (χ0v) is 9.31. The maximum atomic E-state index is 11.0. The van der Waals surface area contributed by atoms with E-state index >= 15 is 0 Å². The van der Waals surface area contributed by atoms with Crippen LogP contribution in [0.4, 0.5) is 0 Å². The Hall–Kier alpha value is -1.36. The van der Waals surface area contributed by atoms with Crippen molar-refractivity contribution in [3.05, 3.63) is 12.7 Å². The Morgan fingerprint density at radius 1 is 1.19 bits per heavy atom. The first kappa shape index (κ1) is 14.6. The number of carboxylic acids is 1. The van der Waals surface area contributed by atoms with Gasteiger partial charge in [-0.2, -0.15) is 0 Å². The van der Waals surface area contributed by atoms with Gasteiger partial charge in [0.25, 0.3) is 0 Å². The van der Waals surface area contributed by atoms with Gasteiger partial charge in [-0.15, -0.1) is 6.58 Å². The Bertz CT molecular complexity index is 224. The Labute approximate surface area is 95.0 Å². The molecule has 0 amide bonds. The molecule has 0 atom stereocenters. The van der Waals surface area contributed by atoms with Crippen LogP contribution in [0.25, 0.3) is 0 Å². The Balaban J connectivity index is 3.21. The summed E-state index contributed by atoms with van der Waals surface area (Å²) in [5, 5.41) is 8.32. The number of hydrogen-bond acceptors (Lipinski definition) is 4. The lowest BCUT2D eigenvalue weighted by Crippen LogP contribution is -2.09. The molecule has 0 aromatic carbocycles. The molecule has 0 fully saturated rings. The van der Waals surface area contributed by atoms with E-state index < -0.39 is 11.9 Å². The van der Waals surface area contributed by atoms with E-state index in [2.05, 4.69) is 6.58 Å². The minimum atomic E-state index is -0.991. The van der Waals surface area contributed by atoms with Crippen LogP contribution in [0.3, 0.4) is 0 Å². The van der Waals surface area contributed by atoms with Gasteiger partial charge in [-0.1, -0.05) is 6.08 Å². The van der Waals surface area contributed by atoms with Crippen LogP contribution in [0.5, 0.6) is 0 Å². The first-order chi connectivity index (χ1) is 7.66. The lowest BCUT2D eigenvalue weighted by molar-refractivity contribution is -0.147. The smallest absolute Gasteiger partial charge is 0.306 e. The molecule has 0 bridgehead atoms. The number of carboxylic acid groups (broad SMARTS) is 1. The van der Waals surface area contributed by atoms with Crippen LogP contribution in [0.1, 0.15) is 25.7 Å². The molecule has 5 nitrogen and oxygen atoms in total. The third-order valence-corrected chi connectivity index (χ3v) is 1.72. The summed E-state index contributed by atoms with van der Waals surface area (Å²) in [7, 11) is 0. The van der Waals surface area contributed by atoms with E-state index in [1.807, 2.05) is 0 Å². The van der Waals surface area contributed by atoms with Crippen LogP contribution >= 0.6 is 0 Å². The second kappa shape index (κ2) is 10.2. The monoisotopic (exact) mass is 230 g/mol. The molecular formula is C11H18O5. The van der Waals surface area contributed by atoms with Crippen molar-refractivity contribution in [2.24, 2.45) is 0 Å². The topological polar surface area (TPSA) is 72.8 Å². The van der Waals surface area contributed by atoms with Crippen molar-refractivity contribution >= 4 is 11.9 Å². The van der Waals surface area contributed by atoms with Gasteiger partial charge in [0, 0.05) is 6.61 Å². The van der Waals surface area contributed by atoms with Gasteiger partial charge >= 0.3 is 11.9 Å². The van der Waals surface area contributed by atoms with Gasteiger partial charge in [0.2, 0.25) is 0 Å². The molecule has 0 heterocycles. The number of hydrogen-bond donors (Lipinski definition) is 1. The van der Waals surface area contributed by atoms with Crippen molar-refractivity contribution in [3.8, 4) is 0 Å². The van der Waals surface area contributed by atoms with Crippen LogP contribution in [-0.4, -0.2) is 36.9 Å². The number of carbonyl (C=O) groups excluding carboxylic acids is 1. The van der Waals surface area contributed by atoms with Crippen molar-refractivity contribution < 1.29 is 24.2 Å². The fraction of sp³-hybridized carbons (Fsp3) is 0.636. The molecule has 92 valence electrons. The molecule has 0 aliphatic heterocycles. The number of aliphatic carboxylic acids is 1. The summed E-state index contributed by atoms with van der Waals surface area (Å²) in [5.41, 5.74) is 0. The van der Waals surface area contributed by atoms with Crippen LogP contribution in [0.2, 0.25) is 0 Å². The van der Waals surface area contributed by atoms with Gasteiger partial charge in [0.05, 0.1) is 26.1 Å². The van der Waals surface area contributed by atoms with E-state index in [1.165, 1.54) is 0 Å². The standard InChI is InChI=1S/C11H18O5/c1-2-7-15-8-3-4-9-16-11(14)6-5-10(12)13/h2H,1,3-9H2,(H,12,13). The number of esters is 1. The largest absolute Gasteiger partial charge is 0.481 e. The third-order valence-electron chi connectivity index (χ3n) is 1.72. The molecular weight excluding hydrogens is 212 g/mol. The first-order valence-electron chi connectivity index (χ1n) is 5.23. The molecule has 0 spiro atoms. The highest BCUT2D eigenvalue weighted by Gasteiger charge is 2.05. The summed E-state index contributed by atoms with van der Waals surface area (Å²) in [6.07, 6.45) is 2.95. The molecule has 0 aromatic heterocycles. The van der Waals surface area contributed by atoms with E-state index in [1.54, 1.807) is 6.08 Å². The molecule has 1 N–H and O–H groups in total. The van der Waals surface area contributed by atoms with Gasteiger partial charge in [-0.05, 0) is 12.8 Å². The summed E-state index contributed by atoms with van der Waals surface area (Å²) in [6.45, 7) is 4.96. The molecule has 0 radical (unpaired) electrons. The predicted octanol–water partition coefficient (Wildman–Crippen LogP) is 1.38. The SMILES string of the molecule is C=CCOCCCCOC(=O)CCC(=O)O. The van der Waals surface area contributed by atoms with E-state index in [0.717, 1.165) is 12.8 Å². The minimum absolute atomic E-state index is 0.0672. The molecule has 0 saturated heterocycles. The van der Waals surface area contributed by atoms with Crippen LogP contribution in [0, 0.1) is 0 Å². The maximum Gasteiger partial charge on any atom is 0.306 e. The second-order valence-electron chi connectivity index (χ2n) is 3.18. The summed E-state index contributed by atoms with van der Waals surface area (Å²) in [6, 6.07) is 0. The average molecular weight is 230 g/mol. The van der Waals surface area contributed by atoms with Crippen molar-refractivity contribution in [1.82, 2.24) is 0 Å². The van der Waals surface area contributed by atoms with E-state index in [4.69, 9.17) is 14.6 Å². The maximum absolute atomic E-state index is 11.0. The van der Waals surface area contributed by atoms with Crippen LogP contribution < -0.4 is 0 Å². The van der Waals surface area contributed by atoms with E-state index in [-0.39, 0.29) is 12.8 Å². The highest BCUT2D eigenvalue weighted by atomic mass is 16.5. The number of ether oxygens (including phenoxy) is 2.